The number of thioether (sulfide) groups is 1. The van der Waals surface area contributed by atoms with Gasteiger partial charge in [-0.2, -0.15) is 11.8 Å². The third-order valence-corrected chi connectivity index (χ3v) is 4.14. The number of ether oxygens (including phenoxy) is 1. The molecule has 1 fully saturated rings. The summed E-state index contributed by atoms with van der Waals surface area (Å²) in [4.78, 5) is 0. The quantitative estimate of drug-likeness (QED) is 0.482. The molecule has 1 saturated heterocycles. The van der Waals surface area contributed by atoms with Crippen LogP contribution in [0.4, 0.5) is 0 Å². The number of aliphatic hydroxyl groups is 1. The maximum Gasteiger partial charge on any atom is 0.0576 e. The van der Waals surface area contributed by atoms with Gasteiger partial charge < -0.3 is 9.84 Å². The molecule has 0 bridgehead atoms. The van der Waals surface area contributed by atoms with Crippen molar-refractivity contribution in [2.75, 3.05) is 31.3 Å². The van der Waals surface area contributed by atoms with Crippen LogP contribution >= 0.6 is 11.8 Å². The van der Waals surface area contributed by atoms with Gasteiger partial charge in [-0.25, -0.2) is 0 Å². The van der Waals surface area contributed by atoms with Crippen molar-refractivity contribution in [1.82, 2.24) is 0 Å². The van der Waals surface area contributed by atoms with Crippen molar-refractivity contribution in [1.29, 1.82) is 0 Å². The van der Waals surface area contributed by atoms with Crippen LogP contribution in [0.5, 0.6) is 0 Å². The molecule has 0 amide bonds. The van der Waals surface area contributed by atoms with Gasteiger partial charge in [-0.3, -0.25) is 0 Å². The first kappa shape index (κ1) is 15.1. The first-order valence-electron chi connectivity index (χ1n) is 6.71. The van der Waals surface area contributed by atoms with Gasteiger partial charge in [-0.1, -0.05) is 25.5 Å². The maximum atomic E-state index is 8.63. The molecule has 0 aromatic rings. The minimum Gasteiger partial charge on any atom is -0.396 e. The van der Waals surface area contributed by atoms with Crippen LogP contribution < -0.4 is 0 Å². The predicted molar refractivity (Wildman–Crippen MR) is 75.6 cm³/mol. The molecule has 1 aliphatic rings. The third kappa shape index (κ3) is 7.12. The van der Waals surface area contributed by atoms with E-state index in [0.29, 0.717) is 12.0 Å². The number of hydrogen-bond donors (Lipinski definition) is 1. The van der Waals surface area contributed by atoms with Crippen LogP contribution in [0.15, 0.2) is 12.2 Å². The standard InChI is InChI=1S/C14H26O2S/c1-14(12-16-13-14)8-5-3-2-4-6-10-17-11-7-9-15/h5,8,15H,2-4,6-7,9-13H2,1H3/b8-5+. The lowest BCUT2D eigenvalue weighted by molar-refractivity contribution is -0.0709. The molecule has 0 atom stereocenters. The van der Waals surface area contributed by atoms with E-state index in [4.69, 9.17) is 9.84 Å². The van der Waals surface area contributed by atoms with E-state index in [2.05, 4.69) is 19.1 Å². The number of allylic oxidation sites excluding steroid dienone is 1. The van der Waals surface area contributed by atoms with E-state index in [1.165, 1.54) is 31.4 Å². The highest BCUT2D eigenvalue weighted by Gasteiger charge is 2.29. The zero-order chi connectivity index (χ0) is 12.4. The van der Waals surface area contributed by atoms with Gasteiger partial charge >= 0.3 is 0 Å². The summed E-state index contributed by atoms with van der Waals surface area (Å²) >= 11 is 1.96. The van der Waals surface area contributed by atoms with Crippen molar-refractivity contribution in [2.45, 2.75) is 39.0 Å². The normalized spacial score (nSPS) is 18.5. The zero-order valence-electron chi connectivity index (χ0n) is 11.0. The molecule has 0 radical (unpaired) electrons. The Balaban J connectivity index is 1.81. The molecule has 1 aliphatic heterocycles. The molecular weight excluding hydrogens is 232 g/mol. The second-order valence-corrected chi connectivity index (χ2v) is 6.31. The maximum absolute atomic E-state index is 8.63. The Hall–Kier alpha value is 0.01000. The monoisotopic (exact) mass is 258 g/mol. The summed E-state index contributed by atoms with van der Waals surface area (Å²) in [6.07, 6.45) is 10.7. The Kier molecular flexibility index (Phi) is 7.99. The molecule has 0 aliphatic carbocycles. The Bertz CT molecular complexity index is 212. The Labute approximate surface area is 110 Å². The third-order valence-electron chi connectivity index (χ3n) is 2.99. The Morgan fingerprint density at radius 2 is 1.94 bits per heavy atom. The van der Waals surface area contributed by atoms with E-state index in [1.54, 1.807) is 0 Å². The molecule has 1 heterocycles. The van der Waals surface area contributed by atoms with Crippen molar-refractivity contribution in [3.63, 3.8) is 0 Å². The molecule has 0 aromatic carbocycles. The molecule has 2 nitrogen and oxygen atoms in total. The van der Waals surface area contributed by atoms with Crippen molar-refractivity contribution in [2.24, 2.45) is 5.41 Å². The minimum atomic E-state index is 0.333. The lowest BCUT2D eigenvalue weighted by Gasteiger charge is -2.35. The van der Waals surface area contributed by atoms with Crippen LogP contribution in [-0.4, -0.2) is 36.4 Å². The molecule has 0 unspecified atom stereocenters. The highest BCUT2D eigenvalue weighted by Crippen LogP contribution is 2.28. The topological polar surface area (TPSA) is 29.5 Å². The molecule has 3 heteroatoms. The first-order chi connectivity index (χ1) is 8.27. The van der Waals surface area contributed by atoms with E-state index in [-0.39, 0.29) is 0 Å². The van der Waals surface area contributed by atoms with Crippen molar-refractivity contribution in [3.8, 4) is 0 Å². The Morgan fingerprint density at radius 1 is 1.18 bits per heavy atom. The van der Waals surface area contributed by atoms with Gasteiger partial charge in [-0.15, -0.1) is 0 Å². The van der Waals surface area contributed by atoms with Crippen molar-refractivity contribution < 1.29 is 9.84 Å². The average molecular weight is 258 g/mol. The van der Waals surface area contributed by atoms with Crippen LogP contribution in [0.2, 0.25) is 0 Å². The molecule has 1 rings (SSSR count). The molecular formula is C14H26O2S. The fourth-order valence-corrected chi connectivity index (χ4v) is 2.75. The summed E-state index contributed by atoms with van der Waals surface area (Å²) in [5.74, 6) is 2.35. The average Bonchev–Trinajstić information content (AvgIpc) is 2.29. The predicted octanol–water partition coefficient (Wildman–Crippen LogP) is 3.26. The minimum absolute atomic E-state index is 0.333. The van der Waals surface area contributed by atoms with E-state index in [1.807, 2.05) is 11.8 Å². The molecule has 100 valence electrons. The van der Waals surface area contributed by atoms with Gasteiger partial charge in [-0.05, 0) is 37.2 Å². The molecule has 0 aromatic heterocycles. The van der Waals surface area contributed by atoms with Crippen molar-refractivity contribution in [3.05, 3.63) is 12.2 Å². The number of unbranched alkanes of at least 4 members (excludes halogenated alkanes) is 3. The summed E-state index contributed by atoms with van der Waals surface area (Å²) < 4.78 is 5.21. The number of rotatable bonds is 10. The van der Waals surface area contributed by atoms with Crippen LogP contribution in [0.3, 0.4) is 0 Å². The van der Waals surface area contributed by atoms with Crippen LogP contribution in [0.25, 0.3) is 0 Å². The molecule has 0 spiro atoms. The van der Waals surface area contributed by atoms with E-state index >= 15 is 0 Å². The zero-order valence-corrected chi connectivity index (χ0v) is 11.8. The van der Waals surface area contributed by atoms with Gasteiger partial charge in [0.25, 0.3) is 0 Å². The van der Waals surface area contributed by atoms with Gasteiger partial charge in [0.1, 0.15) is 0 Å². The lowest BCUT2D eigenvalue weighted by atomic mass is 9.88. The largest absolute Gasteiger partial charge is 0.396 e. The summed E-state index contributed by atoms with van der Waals surface area (Å²) in [5.41, 5.74) is 0.333. The van der Waals surface area contributed by atoms with E-state index < -0.39 is 0 Å². The highest BCUT2D eigenvalue weighted by molar-refractivity contribution is 7.99. The number of hydrogen-bond acceptors (Lipinski definition) is 3. The second kappa shape index (κ2) is 9.01. The van der Waals surface area contributed by atoms with Gasteiger partial charge in [0.2, 0.25) is 0 Å². The van der Waals surface area contributed by atoms with Gasteiger partial charge in [0, 0.05) is 12.0 Å². The smallest absolute Gasteiger partial charge is 0.0576 e. The summed E-state index contributed by atoms with van der Waals surface area (Å²) in [5, 5.41) is 8.63. The van der Waals surface area contributed by atoms with Crippen LogP contribution in [0, 0.1) is 5.41 Å². The van der Waals surface area contributed by atoms with Crippen LogP contribution in [-0.2, 0) is 4.74 Å². The lowest BCUT2D eigenvalue weighted by Crippen LogP contribution is -2.37. The summed E-state index contributed by atoms with van der Waals surface area (Å²) in [7, 11) is 0. The summed E-state index contributed by atoms with van der Waals surface area (Å²) in [6.45, 7) is 4.38. The fourth-order valence-electron chi connectivity index (χ4n) is 1.80. The molecule has 1 N–H and O–H groups in total. The highest BCUT2D eigenvalue weighted by atomic mass is 32.2. The number of aliphatic hydroxyl groups excluding tert-OH is 1. The van der Waals surface area contributed by atoms with Crippen molar-refractivity contribution >= 4 is 11.8 Å². The second-order valence-electron chi connectivity index (χ2n) is 5.09. The molecule has 0 saturated carbocycles. The van der Waals surface area contributed by atoms with Gasteiger partial charge in [0.05, 0.1) is 13.2 Å². The summed E-state index contributed by atoms with van der Waals surface area (Å²) in [6, 6.07) is 0. The Morgan fingerprint density at radius 3 is 2.59 bits per heavy atom. The molecule has 17 heavy (non-hydrogen) atoms. The van der Waals surface area contributed by atoms with E-state index in [0.717, 1.165) is 25.4 Å². The SMILES string of the molecule is CC1(/C=C/CCCCCSCCCO)COC1. The van der Waals surface area contributed by atoms with Crippen LogP contribution in [0.1, 0.15) is 39.0 Å². The van der Waals surface area contributed by atoms with E-state index in [9.17, 15) is 0 Å². The first-order valence-corrected chi connectivity index (χ1v) is 7.86. The fraction of sp³-hybridized carbons (Fsp3) is 0.857. The van der Waals surface area contributed by atoms with Gasteiger partial charge in [0.15, 0.2) is 0 Å².